The fraction of sp³-hybridized carbons (Fsp3) is 0.320. The maximum Gasteiger partial charge on any atom is 0.416 e. The molecule has 0 bridgehead atoms. The summed E-state index contributed by atoms with van der Waals surface area (Å²) >= 11 is 0. The standard InChI is InChI=1S/C25H24F3N5O2/c1-15-19(4-3-5-21(15)25(26,27)28)16(2)31-23-17(13-29)14-30-22-7-6-18(12-20(22)23)32-8-10-33(11-9-32)24(34)35/h3-7,12,14,16H,8-11H2,1-2H3,(H,30,31)(H,34,35)/t16-/m1/s1. The third-order valence-electron chi connectivity index (χ3n) is 6.40. The number of hydrogen-bond donors (Lipinski definition) is 2. The van der Waals surface area contributed by atoms with Crippen molar-refractivity contribution in [1.29, 1.82) is 5.26 Å². The number of nitrogens with one attached hydrogen (secondary N) is 1. The number of amides is 1. The predicted molar refractivity (Wildman–Crippen MR) is 126 cm³/mol. The molecule has 1 aliphatic rings. The first-order chi connectivity index (χ1) is 16.6. The highest BCUT2D eigenvalue weighted by Crippen LogP contribution is 2.37. The van der Waals surface area contributed by atoms with Crippen LogP contribution in [0.1, 0.15) is 35.2 Å². The van der Waals surface area contributed by atoms with Crippen molar-refractivity contribution in [3.8, 4) is 6.07 Å². The fourth-order valence-corrected chi connectivity index (χ4v) is 4.50. The highest BCUT2D eigenvalue weighted by atomic mass is 19.4. The van der Waals surface area contributed by atoms with Crippen LogP contribution in [0.15, 0.2) is 42.6 Å². The molecule has 7 nitrogen and oxygen atoms in total. The Labute approximate surface area is 200 Å². The van der Waals surface area contributed by atoms with E-state index in [1.54, 1.807) is 13.0 Å². The van der Waals surface area contributed by atoms with Gasteiger partial charge in [-0.1, -0.05) is 12.1 Å². The zero-order valence-corrected chi connectivity index (χ0v) is 19.2. The van der Waals surface area contributed by atoms with Crippen molar-refractivity contribution in [2.24, 2.45) is 0 Å². The molecule has 0 radical (unpaired) electrons. The number of halogens is 3. The van der Waals surface area contributed by atoms with E-state index >= 15 is 0 Å². The van der Waals surface area contributed by atoms with Crippen molar-refractivity contribution in [2.45, 2.75) is 26.1 Å². The number of pyridine rings is 1. The number of nitriles is 1. The van der Waals surface area contributed by atoms with E-state index in [4.69, 9.17) is 0 Å². The molecule has 4 rings (SSSR count). The van der Waals surface area contributed by atoms with Crippen LogP contribution in [0.5, 0.6) is 0 Å². The number of rotatable bonds is 4. The molecule has 0 saturated carbocycles. The highest BCUT2D eigenvalue weighted by molar-refractivity contribution is 5.96. The quantitative estimate of drug-likeness (QED) is 0.516. The van der Waals surface area contributed by atoms with E-state index in [1.165, 1.54) is 24.1 Å². The van der Waals surface area contributed by atoms with Gasteiger partial charge in [-0.25, -0.2) is 4.79 Å². The Balaban J connectivity index is 1.70. The van der Waals surface area contributed by atoms with Crippen LogP contribution in [0.3, 0.4) is 0 Å². The summed E-state index contributed by atoms with van der Waals surface area (Å²) in [6.45, 7) is 4.99. The summed E-state index contributed by atoms with van der Waals surface area (Å²) in [6.07, 6.45) is -3.96. The average Bonchev–Trinajstić information content (AvgIpc) is 2.83. The SMILES string of the molecule is Cc1c([C@@H](C)Nc2c(C#N)cnc3ccc(N4CCN(C(=O)O)CC4)cc23)cccc1C(F)(F)F. The molecule has 1 atom stereocenters. The lowest BCUT2D eigenvalue weighted by molar-refractivity contribution is -0.138. The van der Waals surface area contributed by atoms with Crippen molar-refractivity contribution in [2.75, 3.05) is 36.4 Å². The summed E-state index contributed by atoms with van der Waals surface area (Å²) in [4.78, 5) is 19.0. The normalized spacial score (nSPS) is 15.1. The van der Waals surface area contributed by atoms with Gasteiger partial charge >= 0.3 is 12.3 Å². The van der Waals surface area contributed by atoms with Crippen LogP contribution in [0, 0.1) is 18.3 Å². The van der Waals surface area contributed by atoms with Crippen LogP contribution < -0.4 is 10.2 Å². The van der Waals surface area contributed by atoms with Crippen LogP contribution >= 0.6 is 0 Å². The van der Waals surface area contributed by atoms with Crippen molar-refractivity contribution in [3.63, 3.8) is 0 Å². The maximum absolute atomic E-state index is 13.4. The molecular weight excluding hydrogens is 459 g/mol. The van der Waals surface area contributed by atoms with Gasteiger partial charge in [-0.2, -0.15) is 18.4 Å². The lowest BCUT2D eigenvalue weighted by Crippen LogP contribution is -2.48. The molecule has 2 aromatic carbocycles. The van der Waals surface area contributed by atoms with Crippen LogP contribution in [0.4, 0.5) is 29.3 Å². The predicted octanol–water partition coefficient (Wildman–Crippen LogP) is 5.41. The largest absolute Gasteiger partial charge is 0.465 e. The fourth-order valence-electron chi connectivity index (χ4n) is 4.50. The topological polar surface area (TPSA) is 92.5 Å². The molecule has 1 saturated heterocycles. The minimum absolute atomic E-state index is 0.133. The molecule has 0 spiro atoms. The van der Waals surface area contributed by atoms with Gasteiger partial charge < -0.3 is 20.2 Å². The number of fused-ring (bicyclic) bond motifs is 1. The van der Waals surface area contributed by atoms with E-state index in [0.717, 1.165) is 11.8 Å². The second kappa shape index (κ2) is 9.33. The molecule has 2 N–H and O–H groups in total. The molecule has 35 heavy (non-hydrogen) atoms. The first-order valence-corrected chi connectivity index (χ1v) is 11.1. The molecule has 2 heterocycles. The Kier molecular flexibility index (Phi) is 6.43. The van der Waals surface area contributed by atoms with Crippen molar-refractivity contribution < 1.29 is 23.1 Å². The second-order valence-corrected chi connectivity index (χ2v) is 8.50. The van der Waals surface area contributed by atoms with Crippen LogP contribution in [0.2, 0.25) is 0 Å². The van der Waals surface area contributed by atoms with Gasteiger partial charge in [0.2, 0.25) is 0 Å². The number of carbonyl (C=O) groups is 1. The summed E-state index contributed by atoms with van der Waals surface area (Å²) in [5.74, 6) is 0. The van der Waals surface area contributed by atoms with Crippen LogP contribution in [0.25, 0.3) is 10.9 Å². The Morgan fingerprint density at radius 3 is 2.54 bits per heavy atom. The number of alkyl halides is 3. The lowest BCUT2D eigenvalue weighted by atomic mass is 9.96. The highest BCUT2D eigenvalue weighted by Gasteiger charge is 2.33. The third kappa shape index (κ3) is 4.80. The molecular formula is C25H24F3N5O2. The summed E-state index contributed by atoms with van der Waals surface area (Å²) in [5.41, 5.74) is 2.18. The smallest absolute Gasteiger partial charge is 0.416 e. The summed E-state index contributed by atoms with van der Waals surface area (Å²) in [7, 11) is 0. The van der Waals surface area contributed by atoms with Gasteiger partial charge in [0, 0.05) is 49.5 Å². The van der Waals surface area contributed by atoms with Gasteiger partial charge in [0.1, 0.15) is 6.07 Å². The molecule has 10 heteroatoms. The molecule has 0 unspecified atom stereocenters. The van der Waals surface area contributed by atoms with Gasteiger partial charge in [-0.3, -0.25) is 4.98 Å². The summed E-state index contributed by atoms with van der Waals surface area (Å²) < 4.78 is 40.3. The maximum atomic E-state index is 13.4. The first-order valence-electron chi connectivity index (χ1n) is 11.1. The molecule has 1 fully saturated rings. The monoisotopic (exact) mass is 483 g/mol. The molecule has 182 valence electrons. The van der Waals surface area contributed by atoms with E-state index < -0.39 is 23.9 Å². The molecule has 3 aromatic rings. The van der Waals surface area contributed by atoms with Gasteiger partial charge in [0.15, 0.2) is 0 Å². The zero-order chi connectivity index (χ0) is 25.3. The Morgan fingerprint density at radius 2 is 1.91 bits per heavy atom. The summed E-state index contributed by atoms with van der Waals surface area (Å²) in [6, 6.07) is 11.3. The number of hydrogen-bond acceptors (Lipinski definition) is 5. The third-order valence-corrected chi connectivity index (χ3v) is 6.40. The minimum Gasteiger partial charge on any atom is -0.465 e. The lowest BCUT2D eigenvalue weighted by Gasteiger charge is -2.34. The van der Waals surface area contributed by atoms with Crippen LogP contribution in [-0.2, 0) is 6.18 Å². The first kappa shape index (κ1) is 24.1. The van der Waals surface area contributed by atoms with E-state index in [-0.39, 0.29) is 11.1 Å². The number of nitrogens with zero attached hydrogens (tertiary/aromatic N) is 4. The number of piperazine rings is 1. The minimum atomic E-state index is -4.46. The molecule has 0 aliphatic carbocycles. The van der Waals surface area contributed by atoms with Gasteiger partial charge in [0.05, 0.1) is 22.3 Å². The van der Waals surface area contributed by atoms with Crippen molar-refractivity contribution in [3.05, 3.63) is 64.8 Å². The number of benzene rings is 2. The van der Waals surface area contributed by atoms with Crippen molar-refractivity contribution >= 4 is 28.4 Å². The van der Waals surface area contributed by atoms with Gasteiger partial charge in [-0.05, 0) is 49.2 Å². The Hall–Kier alpha value is -4.00. The van der Waals surface area contributed by atoms with Gasteiger partial charge in [0.25, 0.3) is 0 Å². The van der Waals surface area contributed by atoms with Crippen molar-refractivity contribution in [1.82, 2.24) is 9.88 Å². The Morgan fingerprint density at radius 1 is 1.20 bits per heavy atom. The Bertz CT molecular complexity index is 1310. The summed E-state index contributed by atoms with van der Waals surface area (Å²) in [5, 5.41) is 22.8. The zero-order valence-electron chi connectivity index (χ0n) is 19.2. The van der Waals surface area contributed by atoms with Crippen LogP contribution in [-0.4, -0.2) is 47.3 Å². The van der Waals surface area contributed by atoms with E-state index in [9.17, 15) is 28.3 Å². The molecule has 1 aliphatic heterocycles. The second-order valence-electron chi connectivity index (χ2n) is 8.50. The number of carboxylic acid groups (broad SMARTS) is 1. The van der Waals surface area contributed by atoms with E-state index in [1.807, 2.05) is 18.2 Å². The van der Waals surface area contributed by atoms with E-state index in [2.05, 4.69) is 21.3 Å². The average molecular weight is 483 g/mol. The van der Waals surface area contributed by atoms with E-state index in [0.29, 0.717) is 48.3 Å². The molecule has 1 amide bonds. The number of aromatic nitrogens is 1. The molecule has 1 aromatic heterocycles. The van der Waals surface area contributed by atoms with Gasteiger partial charge in [-0.15, -0.1) is 0 Å². The number of anilines is 2.